The number of hydrogen-bond acceptors (Lipinski definition) is 3. The van der Waals surface area contributed by atoms with E-state index in [0.717, 1.165) is 75.1 Å². The summed E-state index contributed by atoms with van der Waals surface area (Å²) in [5, 5.41) is 3.05. The van der Waals surface area contributed by atoms with Crippen LogP contribution in [0.15, 0.2) is 48.5 Å². The molecule has 1 aliphatic rings. The van der Waals surface area contributed by atoms with Crippen molar-refractivity contribution in [3.05, 3.63) is 59.9 Å². The van der Waals surface area contributed by atoms with E-state index < -0.39 is 0 Å². The van der Waals surface area contributed by atoms with Gasteiger partial charge in [-0.3, -0.25) is 4.79 Å². The van der Waals surface area contributed by atoms with Gasteiger partial charge in [0.1, 0.15) is 11.6 Å². The standard InChI is InChI=1S/C26H33N3O2/c1-20-10-4-7-13-24(20)31-19-9-18-29-23-12-6-5-11-22(23)28-25(29)14-3-2-8-17-27-26(30)21-15-16-21/h4-7,10-13,21H,2-3,8-9,14-19H2,1H3,(H,27,30). The number of nitrogens with zero attached hydrogens (tertiary/aromatic N) is 2. The van der Waals surface area contributed by atoms with Crippen LogP contribution < -0.4 is 10.1 Å². The summed E-state index contributed by atoms with van der Waals surface area (Å²) >= 11 is 0. The Morgan fingerprint density at radius 2 is 1.87 bits per heavy atom. The van der Waals surface area contributed by atoms with Gasteiger partial charge in [-0.05, 0) is 62.8 Å². The molecule has 0 saturated heterocycles. The topological polar surface area (TPSA) is 56.1 Å². The SMILES string of the molecule is Cc1ccccc1OCCCn1c(CCCCCNC(=O)C2CC2)nc2ccccc21. The summed E-state index contributed by atoms with van der Waals surface area (Å²) in [5.41, 5.74) is 3.43. The summed E-state index contributed by atoms with van der Waals surface area (Å²) in [6.45, 7) is 4.47. The van der Waals surface area contributed by atoms with Gasteiger partial charge in [-0.15, -0.1) is 0 Å². The van der Waals surface area contributed by atoms with Crippen LogP contribution in [0.4, 0.5) is 0 Å². The number of ether oxygens (including phenoxy) is 1. The van der Waals surface area contributed by atoms with Gasteiger partial charge in [0, 0.05) is 25.4 Å². The molecule has 31 heavy (non-hydrogen) atoms. The highest BCUT2D eigenvalue weighted by atomic mass is 16.5. The molecule has 0 radical (unpaired) electrons. The fourth-order valence-corrected chi connectivity index (χ4v) is 3.98. The third-order valence-electron chi connectivity index (χ3n) is 5.94. The van der Waals surface area contributed by atoms with Crippen molar-refractivity contribution in [3.8, 4) is 5.75 Å². The maximum absolute atomic E-state index is 11.7. The van der Waals surface area contributed by atoms with Crippen LogP contribution >= 0.6 is 0 Å². The lowest BCUT2D eigenvalue weighted by atomic mass is 10.2. The molecule has 0 unspecified atom stereocenters. The minimum atomic E-state index is 0.245. The molecule has 4 rings (SSSR count). The summed E-state index contributed by atoms with van der Waals surface area (Å²) < 4.78 is 8.34. The molecule has 1 aliphatic carbocycles. The number of benzene rings is 2. The van der Waals surface area contributed by atoms with Gasteiger partial charge >= 0.3 is 0 Å². The Hall–Kier alpha value is -2.82. The first kappa shape index (κ1) is 21.4. The van der Waals surface area contributed by atoms with Crippen molar-refractivity contribution in [2.24, 2.45) is 5.92 Å². The Bertz CT molecular complexity index is 1010. The van der Waals surface area contributed by atoms with E-state index in [2.05, 4.69) is 41.1 Å². The van der Waals surface area contributed by atoms with Crippen molar-refractivity contribution >= 4 is 16.9 Å². The lowest BCUT2D eigenvalue weighted by Crippen LogP contribution is -2.25. The first-order valence-electron chi connectivity index (χ1n) is 11.6. The molecule has 5 heteroatoms. The van der Waals surface area contributed by atoms with Crippen molar-refractivity contribution in [1.29, 1.82) is 0 Å². The van der Waals surface area contributed by atoms with Crippen molar-refractivity contribution in [3.63, 3.8) is 0 Å². The number of imidazole rings is 1. The average Bonchev–Trinajstić information content (AvgIpc) is 3.57. The molecule has 1 aromatic heterocycles. The van der Waals surface area contributed by atoms with Crippen molar-refractivity contribution < 1.29 is 9.53 Å². The minimum Gasteiger partial charge on any atom is -0.493 e. The molecular formula is C26H33N3O2. The average molecular weight is 420 g/mol. The predicted molar refractivity (Wildman–Crippen MR) is 124 cm³/mol. The number of fused-ring (bicyclic) bond motifs is 1. The van der Waals surface area contributed by atoms with Gasteiger partial charge < -0.3 is 14.6 Å². The molecule has 1 heterocycles. The Kier molecular flexibility index (Phi) is 7.23. The van der Waals surface area contributed by atoms with Crippen LogP contribution in [-0.4, -0.2) is 28.6 Å². The number of unbranched alkanes of at least 4 members (excludes halogenated alkanes) is 2. The highest BCUT2D eigenvalue weighted by Crippen LogP contribution is 2.28. The van der Waals surface area contributed by atoms with Crippen molar-refractivity contribution in [2.75, 3.05) is 13.2 Å². The maximum Gasteiger partial charge on any atom is 0.223 e. The molecular weight excluding hydrogens is 386 g/mol. The third kappa shape index (κ3) is 5.87. The molecule has 1 N–H and O–H groups in total. The number of para-hydroxylation sites is 3. The number of aryl methyl sites for hydroxylation is 3. The van der Waals surface area contributed by atoms with Gasteiger partial charge in [-0.25, -0.2) is 4.98 Å². The van der Waals surface area contributed by atoms with Gasteiger partial charge in [-0.2, -0.15) is 0 Å². The molecule has 3 aromatic rings. The van der Waals surface area contributed by atoms with E-state index in [0.29, 0.717) is 12.5 Å². The lowest BCUT2D eigenvalue weighted by Gasteiger charge is -2.12. The Morgan fingerprint density at radius 3 is 2.71 bits per heavy atom. The fraction of sp³-hybridized carbons (Fsp3) is 0.462. The second-order valence-electron chi connectivity index (χ2n) is 8.51. The van der Waals surface area contributed by atoms with Crippen LogP contribution in [0, 0.1) is 12.8 Å². The van der Waals surface area contributed by atoms with Crippen molar-refractivity contribution in [2.45, 2.75) is 58.4 Å². The van der Waals surface area contributed by atoms with Crippen LogP contribution in [0.25, 0.3) is 11.0 Å². The molecule has 0 aliphatic heterocycles. The summed E-state index contributed by atoms with van der Waals surface area (Å²) in [7, 11) is 0. The summed E-state index contributed by atoms with van der Waals surface area (Å²) in [6, 6.07) is 16.5. The molecule has 0 spiro atoms. The summed E-state index contributed by atoms with van der Waals surface area (Å²) in [6.07, 6.45) is 7.25. The number of carbonyl (C=O) groups is 1. The molecule has 2 aromatic carbocycles. The molecule has 0 atom stereocenters. The van der Waals surface area contributed by atoms with Crippen LogP contribution in [0.2, 0.25) is 0 Å². The smallest absolute Gasteiger partial charge is 0.223 e. The number of nitrogens with one attached hydrogen (secondary N) is 1. The monoisotopic (exact) mass is 419 g/mol. The summed E-state index contributed by atoms with van der Waals surface area (Å²) in [4.78, 5) is 16.6. The van der Waals surface area contributed by atoms with Crippen molar-refractivity contribution in [1.82, 2.24) is 14.9 Å². The van der Waals surface area contributed by atoms with E-state index in [1.165, 1.54) is 11.1 Å². The van der Waals surface area contributed by atoms with Crippen LogP contribution in [0.5, 0.6) is 5.75 Å². The summed E-state index contributed by atoms with van der Waals surface area (Å²) in [5.74, 6) is 2.66. The first-order valence-corrected chi connectivity index (χ1v) is 11.6. The highest BCUT2D eigenvalue weighted by Gasteiger charge is 2.28. The number of amides is 1. The molecule has 1 amide bonds. The van der Waals surface area contributed by atoms with E-state index in [1.54, 1.807) is 0 Å². The Labute approximate surface area is 184 Å². The quantitative estimate of drug-likeness (QED) is 0.418. The van der Waals surface area contributed by atoms with Gasteiger partial charge in [0.05, 0.1) is 17.6 Å². The maximum atomic E-state index is 11.7. The highest BCUT2D eigenvalue weighted by molar-refractivity contribution is 5.80. The number of aromatic nitrogens is 2. The lowest BCUT2D eigenvalue weighted by molar-refractivity contribution is -0.122. The largest absolute Gasteiger partial charge is 0.493 e. The normalized spacial score (nSPS) is 13.5. The third-order valence-corrected chi connectivity index (χ3v) is 5.94. The van der Waals surface area contributed by atoms with Gasteiger partial charge in [0.15, 0.2) is 0 Å². The zero-order valence-corrected chi connectivity index (χ0v) is 18.5. The van der Waals surface area contributed by atoms with E-state index in [1.807, 2.05) is 24.3 Å². The number of hydrogen-bond donors (Lipinski definition) is 1. The van der Waals surface area contributed by atoms with E-state index in [9.17, 15) is 4.79 Å². The first-order chi connectivity index (χ1) is 15.2. The molecule has 164 valence electrons. The van der Waals surface area contributed by atoms with Gasteiger partial charge in [0.25, 0.3) is 0 Å². The molecule has 1 fully saturated rings. The van der Waals surface area contributed by atoms with Gasteiger partial charge in [-0.1, -0.05) is 36.8 Å². The minimum absolute atomic E-state index is 0.245. The van der Waals surface area contributed by atoms with Crippen LogP contribution in [-0.2, 0) is 17.8 Å². The second kappa shape index (κ2) is 10.5. The molecule has 1 saturated carbocycles. The zero-order chi connectivity index (χ0) is 21.5. The molecule has 0 bridgehead atoms. The van der Waals surface area contributed by atoms with Crippen LogP contribution in [0.3, 0.4) is 0 Å². The van der Waals surface area contributed by atoms with Gasteiger partial charge in [0.2, 0.25) is 5.91 Å². The van der Waals surface area contributed by atoms with E-state index >= 15 is 0 Å². The van der Waals surface area contributed by atoms with E-state index in [4.69, 9.17) is 9.72 Å². The number of carbonyl (C=O) groups excluding carboxylic acids is 1. The zero-order valence-electron chi connectivity index (χ0n) is 18.5. The Morgan fingerprint density at radius 1 is 1.06 bits per heavy atom. The predicted octanol–water partition coefficient (Wildman–Crippen LogP) is 5.05. The van der Waals surface area contributed by atoms with Crippen LogP contribution in [0.1, 0.15) is 49.9 Å². The molecule has 5 nitrogen and oxygen atoms in total. The second-order valence-corrected chi connectivity index (χ2v) is 8.51. The fourth-order valence-electron chi connectivity index (χ4n) is 3.98. The van der Waals surface area contributed by atoms with E-state index in [-0.39, 0.29) is 5.91 Å². The number of rotatable bonds is 12. The Balaban J connectivity index is 1.27.